The molecule has 0 aliphatic carbocycles. The first kappa shape index (κ1) is 23.6. The van der Waals surface area contributed by atoms with E-state index >= 15 is 0 Å². The molecule has 0 N–H and O–H groups in total. The zero-order valence-electron chi connectivity index (χ0n) is 21.0. The number of unbranched alkanes of at least 4 members (excludes halogenated alkanes) is 1. The van der Waals surface area contributed by atoms with Gasteiger partial charge in [-0.15, -0.1) is 0 Å². The fourth-order valence-electron chi connectivity index (χ4n) is 5.45. The molecule has 4 aromatic rings. The zero-order valence-corrected chi connectivity index (χ0v) is 21.0. The average Bonchev–Trinajstić information content (AvgIpc) is 3.26. The van der Waals surface area contributed by atoms with Crippen molar-refractivity contribution in [2.24, 2.45) is 0 Å². The van der Waals surface area contributed by atoms with Gasteiger partial charge in [0.25, 0.3) is 0 Å². The van der Waals surface area contributed by atoms with Crippen LogP contribution in [0.3, 0.4) is 0 Å². The summed E-state index contributed by atoms with van der Waals surface area (Å²) >= 11 is 0. The Bertz CT molecular complexity index is 1230. The van der Waals surface area contributed by atoms with Crippen molar-refractivity contribution in [3.63, 3.8) is 0 Å². The molecule has 0 spiro atoms. The highest BCUT2D eigenvalue weighted by Crippen LogP contribution is 2.30. The maximum atomic E-state index is 13.4. The molecule has 0 saturated carbocycles. The number of hydrogen-bond donors (Lipinski definition) is 0. The fraction of sp³-hybridized carbons (Fsp3) is 0.355. The zero-order chi connectivity index (χ0) is 24.2. The van der Waals surface area contributed by atoms with Crippen molar-refractivity contribution < 1.29 is 4.39 Å². The molecule has 3 nitrogen and oxygen atoms in total. The lowest BCUT2D eigenvalue weighted by Crippen LogP contribution is -2.33. The molecule has 2 heterocycles. The summed E-state index contributed by atoms with van der Waals surface area (Å²) in [5, 5.41) is 1.30. The normalized spacial score (nSPS) is 15.1. The molecular weight excluding hydrogens is 433 g/mol. The lowest BCUT2D eigenvalue weighted by Gasteiger charge is -2.32. The summed E-state index contributed by atoms with van der Waals surface area (Å²) in [6.07, 6.45) is 8.23. The van der Waals surface area contributed by atoms with Crippen LogP contribution in [0.2, 0.25) is 0 Å². The molecule has 1 saturated heterocycles. The number of fused-ring (bicyclic) bond motifs is 1. The van der Waals surface area contributed by atoms with Gasteiger partial charge in [0.05, 0.1) is 5.52 Å². The quantitative estimate of drug-likeness (QED) is 0.257. The van der Waals surface area contributed by atoms with Gasteiger partial charge in [-0.2, -0.15) is 0 Å². The average molecular weight is 470 g/mol. The SMILES string of the molecule is CN(C)c1ccc(C2CCN(CCCCc3cn(-c4ccc(F)cc4)c4ccccc34)CC2)cc1. The maximum Gasteiger partial charge on any atom is 0.123 e. The largest absolute Gasteiger partial charge is 0.378 e. The minimum absolute atomic E-state index is 0.197. The number of para-hydroxylation sites is 1. The number of aryl methyl sites for hydroxylation is 1. The van der Waals surface area contributed by atoms with Crippen LogP contribution in [0.15, 0.2) is 79.0 Å². The number of anilines is 1. The number of piperidine rings is 1. The molecular formula is C31H36FN3. The van der Waals surface area contributed by atoms with Crippen molar-refractivity contribution in [1.29, 1.82) is 0 Å². The Kier molecular flexibility index (Phi) is 7.19. The fourth-order valence-corrected chi connectivity index (χ4v) is 5.45. The third-order valence-corrected chi connectivity index (χ3v) is 7.54. The van der Waals surface area contributed by atoms with E-state index in [1.54, 1.807) is 0 Å². The van der Waals surface area contributed by atoms with Crippen LogP contribution in [0.25, 0.3) is 16.6 Å². The minimum atomic E-state index is -0.197. The van der Waals surface area contributed by atoms with Crippen LogP contribution in [-0.2, 0) is 6.42 Å². The number of aromatic nitrogens is 1. The third kappa shape index (κ3) is 5.43. The highest BCUT2D eigenvalue weighted by molar-refractivity contribution is 5.85. The summed E-state index contributed by atoms with van der Waals surface area (Å²) in [5.74, 6) is 0.497. The number of nitrogens with zero attached hydrogens (tertiary/aromatic N) is 3. The molecule has 1 aromatic heterocycles. The predicted molar refractivity (Wildman–Crippen MR) is 145 cm³/mol. The molecule has 1 aliphatic heterocycles. The molecule has 3 aromatic carbocycles. The van der Waals surface area contributed by atoms with Crippen LogP contribution < -0.4 is 4.90 Å². The predicted octanol–water partition coefficient (Wildman–Crippen LogP) is 7.04. The molecule has 0 bridgehead atoms. The van der Waals surface area contributed by atoms with Gasteiger partial charge in [0, 0.05) is 37.1 Å². The van der Waals surface area contributed by atoms with E-state index in [2.05, 4.69) is 83.2 Å². The first-order valence-corrected chi connectivity index (χ1v) is 12.9. The molecule has 0 unspecified atom stereocenters. The van der Waals surface area contributed by atoms with Crippen molar-refractivity contribution in [3.8, 4) is 5.69 Å². The van der Waals surface area contributed by atoms with E-state index in [-0.39, 0.29) is 5.82 Å². The summed E-state index contributed by atoms with van der Waals surface area (Å²) in [5.41, 5.74) is 6.34. The highest BCUT2D eigenvalue weighted by Gasteiger charge is 2.20. The van der Waals surface area contributed by atoms with Gasteiger partial charge in [-0.3, -0.25) is 0 Å². The Morgan fingerprint density at radius 3 is 2.29 bits per heavy atom. The second-order valence-electron chi connectivity index (χ2n) is 10.1. The summed E-state index contributed by atoms with van der Waals surface area (Å²) < 4.78 is 15.6. The molecule has 35 heavy (non-hydrogen) atoms. The number of likely N-dealkylation sites (tertiary alicyclic amines) is 1. The van der Waals surface area contributed by atoms with Crippen molar-refractivity contribution in [2.45, 2.75) is 38.0 Å². The monoisotopic (exact) mass is 469 g/mol. The summed E-state index contributed by atoms with van der Waals surface area (Å²) in [7, 11) is 4.19. The number of halogens is 1. The van der Waals surface area contributed by atoms with E-state index < -0.39 is 0 Å². The van der Waals surface area contributed by atoms with Crippen LogP contribution in [0.4, 0.5) is 10.1 Å². The third-order valence-electron chi connectivity index (χ3n) is 7.54. The molecule has 5 rings (SSSR count). The van der Waals surface area contributed by atoms with Gasteiger partial charge in [0.1, 0.15) is 5.82 Å². The lowest BCUT2D eigenvalue weighted by molar-refractivity contribution is 0.209. The molecule has 182 valence electrons. The molecule has 0 atom stereocenters. The Balaban J connectivity index is 1.13. The van der Waals surface area contributed by atoms with E-state index in [0.717, 1.165) is 12.1 Å². The second-order valence-corrected chi connectivity index (χ2v) is 10.1. The van der Waals surface area contributed by atoms with E-state index in [0.29, 0.717) is 5.92 Å². The van der Waals surface area contributed by atoms with Crippen LogP contribution in [0.5, 0.6) is 0 Å². The summed E-state index contributed by atoms with van der Waals surface area (Å²) in [6.45, 7) is 3.58. The molecule has 4 heteroatoms. The van der Waals surface area contributed by atoms with Crippen molar-refractivity contribution in [1.82, 2.24) is 9.47 Å². The second kappa shape index (κ2) is 10.7. The number of benzene rings is 3. The molecule has 1 fully saturated rings. The van der Waals surface area contributed by atoms with Crippen molar-refractivity contribution >= 4 is 16.6 Å². The summed E-state index contributed by atoms with van der Waals surface area (Å²) in [6, 6.07) is 24.4. The summed E-state index contributed by atoms with van der Waals surface area (Å²) in [4.78, 5) is 4.80. The van der Waals surface area contributed by atoms with Gasteiger partial charge in [0.15, 0.2) is 0 Å². The van der Waals surface area contributed by atoms with E-state index in [4.69, 9.17) is 0 Å². The first-order chi connectivity index (χ1) is 17.1. The Labute approximate surface area is 208 Å². The van der Waals surface area contributed by atoms with Gasteiger partial charge < -0.3 is 14.4 Å². The number of rotatable bonds is 8. The van der Waals surface area contributed by atoms with Crippen LogP contribution in [0.1, 0.15) is 42.7 Å². The van der Waals surface area contributed by atoms with E-state index in [9.17, 15) is 4.39 Å². The van der Waals surface area contributed by atoms with Gasteiger partial charge in [-0.05, 0) is 111 Å². The van der Waals surface area contributed by atoms with Crippen LogP contribution in [0, 0.1) is 5.82 Å². The topological polar surface area (TPSA) is 11.4 Å². The van der Waals surface area contributed by atoms with Gasteiger partial charge >= 0.3 is 0 Å². The van der Waals surface area contributed by atoms with E-state index in [1.807, 2.05) is 12.1 Å². The van der Waals surface area contributed by atoms with Gasteiger partial charge in [0.2, 0.25) is 0 Å². The van der Waals surface area contributed by atoms with E-state index in [1.165, 1.54) is 85.2 Å². The molecule has 0 amide bonds. The Morgan fingerprint density at radius 1 is 0.857 bits per heavy atom. The number of hydrogen-bond acceptors (Lipinski definition) is 2. The van der Waals surface area contributed by atoms with Gasteiger partial charge in [-0.1, -0.05) is 30.3 Å². The van der Waals surface area contributed by atoms with Crippen molar-refractivity contribution in [2.75, 3.05) is 38.6 Å². The standard InChI is InChI=1S/C31H36FN3/c1-33(2)28-14-10-24(11-15-28)25-18-21-34(22-19-25)20-6-5-7-26-23-35(29-16-12-27(32)13-17-29)31-9-4-3-8-30(26)31/h3-4,8-17,23,25H,5-7,18-22H2,1-2H3. The minimum Gasteiger partial charge on any atom is -0.378 e. The molecule has 1 aliphatic rings. The molecule has 0 radical (unpaired) electrons. The smallest absolute Gasteiger partial charge is 0.123 e. The lowest BCUT2D eigenvalue weighted by atomic mass is 9.89. The van der Waals surface area contributed by atoms with Gasteiger partial charge in [-0.25, -0.2) is 4.39 Å². The van der Waals surface area contributed by atoms with Crippen molar-refractivity contribution in [3.05, 3.63) is 95.9 Å². The first-order valence-electron chi connectivity index (χ1n) is 12.9. The Hall–Kier alpha value is -3.11. The highest BCUT2D eigenvalue weighted by atomic mass is 19.1. The van der Waals surface area contributed by atoms with Crippen LogP contribution >= 0.6 is 0 Å². The maximum absolute atomic E-state index is 13.4. The Morgan fingerprint density at radius 2 is 1.57 bits per heavy atom. The van der Waals surface area contributed by atoms with Crippen LogP contribution in [-0.4, -0.2) is 43.2 Å².